The number of carbonyl (C=O) groups is 1. The van der Waals surface area contributed by atoms with E-state index in [2.05, 4.69) is 5.16 Å². The molecule has 0 radical (unpaired) electrons. The SMILES string of the molecule is O=C(C1=C(Cl)CCC/C1=N\O)c1ccccc1. The summed E-state index contributed by atoms with van der Waals surface area (Å²) in [6.07, 6.45) is 2.05. The monoisotopic (exact) mass is 249 g/mol. The van der Waals surface area contributed by atoms with Crippen LogP contribution in [0.3, 0.4) is 0 Å². The van der Waals surface area contributed by atoms with Crippen molar-refractivity contribution in [1.82, 2.24) is 0 Å². The van der Waals surface area contributed by atoms with Gasteiger partial charge in [-0.3, -0.25) is 4.79 Å². The molecule has 0 saturated carbocycles. The van der Waals surface area contributed by atoms with Gasteiger partial charge < -0.3 is 5.21 Å². The van der Waals surface area contributed by atoms with Crippen LogP contribution in [0.1, 0.15) is 29.6 Å². The Morgan fingerprint density at radius 1 is 1.24 bits per heavy atom. The summed E-state index contributed by atoms with van der Waals surface area (Å²) in [6.45, 7) is 0. The molecular weight excluding hydrogens is 238 g/mol. The number of benzene rings is 1. The Kier molecular flexibility index (Phi) is 3.59. The summed E-state index contributed by atoms with van der Waals surface area (Å²) in [7, 11) is 0. The summed E-state index contributed by atoms with van der Waals surface area (Å²) < 4.78 is 0. The highest BCUT2D eigenvalue weighted by Gasteiger charge is 2.25. The van der Waals surface area contributed by atoms with Crippen LogP contribution in [0.25, 0.3) is 0 Å². The van der Waals surface area contributed by atoms with Crippen LogP contribution < -0.4 is 0 Å². The molecule has 0 atom stereocenters. The molecule has 2 rings (SSSR count). The predicted molar refractivity (Wildman–Crippen MR) is 66.7 cm³/mol. The molecule has 88 valence electrons. The van der Waals surface area contributed by atoms with Gasteiger partial charge in [-0.05, 0) is 19.3 Å². The minimum atomic E-state index is -0.178. The van der Waals surface area contributed by atoms with Crippen LogP contribution in [0.2, 0.25) is 0 Å². The lowest BCUT2D eigenvalue weighted by molar-refractivity contribution is 0.103. The smallest absolute Gasteiger partial charge is 0.196 e. The summed E-state index contributed by atoms with van der Waals surface area (Å²) >= 11 is 6.07. The zero-order valence-corrected chi connectivity index (χ0v) is 9.94. The molecular formula is C13H12ClNO2. The standard InChI is InChI=1S/C13H12ClNO2/c14-10-7-4-8-11(15-17)12(10)13(16)9-5-2-1-3-6-9/h1-3,5-6,17H,4,7-8H2/b15-11+. The van der Waals surface area contributed by atoms with Crippen LogP contribution in [-0.2, 0) is 0 Å². The van der Waals surface area contributed by atoms with Gasteiger partial charge in [0.05, 0.1) is 11.3 Å². The van der Waals surface area contributed by atoms with Gasteiger partial charge in [0.2, 0.25) is 0 Å². The van der Waals surface area contributed by atoms with E-state index in [0.29, 0.717) is 34.7 Å². The van der Waals surface area contributed by atoms with Crippen molar-refractivity contribution in [1.29, 1.82) is 0 Å². The van der Waals surface area contributed by atoms with E-state index >= 15 is 0 Å². The zero-order valence-electron chi connectivity index (χ0n) is 9.19. The summed E-state index contributed by atoms with van der Waals surface area (Å²) in [5, 5.41) is 12.6. The van der Waals surface area contributed by atoms with Crippen LogP contribution in [0.5, 0.6) is 0 Å². The largest absolute Gasteiger partial charge is 0.411 e. The summed E-state index contributed by atoms with van der Waals surface area (Å²) in [4.78, 5) is 12.2. The number of ketones is 1. The van der Waals surface area contributed by atoms with Crippen molar-refractivity contribution in [3.8, 4) is 0 Å². The maximum absolute atomic E-state index is 12.2. The number of halogens is 1. The summed E-state index contributed by atoms with van der Waals surface area (Å²) in [5.74, 6) is -0.178. The van der Waals surface area contributed by atoms with E-state index in [1.807, 2.05) is 6.07 Å². The third-order valence-corrected chi connectivity index (χ3v) is 3.13. The molecule has 0 aromatic heterocycles. The van der Waals surface area contributed by atoms with Gasteiger partial charge in [-0.1, -0.05) is 47.1 Å². The quantitative estimate of drug-likeness (QED) is 0.496. The van der Waals surface area contributed by atoms with Crippen molar-refractivity contribution < 1.29 is 10.0 Å². The van der Waals surface area contributed by atoms with Gasteiger partial charge in [-0.2, -0.15) is 0 Å². The third-order valence-electron chi connectivity index (χ3n) is 2.75. The first-order valence-electron chi connectivity index (χ1n) is 5.43. The zero-order chi connectivity index (χ0) is 12.3. The maximum atomic E-state index is 12.2. The fraction of sp³-hybridized carbons (Fsp3) is 0.231. The number of oxime groups is 1. The molecule has 0 fully saturated rings. The van der Waals surface area contributed by atoms with Gasteiger partial charge >= 0.3 is 0 Å². The van der Waals surface area contributed by atoms with Crippen LogP contribution in [0, 0.1) is 0 Å². The second kappa shape index (κ2) is 5.15. The first-order valence-corrected chi connectivity index (χ1v) is 5.81. The molecule has 1 aromatic carbocycles. The third kappa shape index (κ3) is 2.39. The number of Topliss-reactive ketones (excluding diaryl/α,β-unsaturated/α-hetero) is 1. The first-order chi connectivity index (χ1) is 8.24. The van der Waals surface area contributed by atoms with Crippen molar-refractivity contribution in [2.24, 2.45) is 5.16 Å². The first kappa shape index (κ1) is 11.9. The molecule has 1 aromatic rings. The Labute approximate surface area is 104 Å². The Morgan fingerprint density at radius 2 is 1.94 bits per heavy atom. The Hall–Kier alpha value is -1.61. The Bertz CT molecular complexity index is 491. The van der Waals surface area contributed by atoms with Crippen molar-refractivity contribution in [2.45, 2.75) is 19.3 Å². The number of carbonyl (C=O) groups excluding carboxylic acids is 1. The predicted octanol–water partition coefficient (Wildman–Crippen LogP) is 3.38. The second-order valence-electron chi connectivity index (χ2n) is 3.88. The second-order valence-corrected chi connectivity index (χ2v) is 4.33. The molecule has 0 heterocycles. The molecule has 0 amide bonds. The molecule has 0 bridgehead atoms. The van der Waals surface area contributed by atoms with Gasteiger partial charge in [-0.15, -0.1) is 0 Å². The average Bonchev–Trinajstić information content (AvgIpc) is 2.38. The van der Waals surface area contributed by atoms with Crippen molar-refractivity contribution in [2.75, 3.05) is 0 Å². The van der Waals surface area contributed by atoms with Gasteiger partial charge in [0.25, 0.3) is 0 Å². The summed E-state index contributed by atoms with van der Waals surface area (Å²) in [5.41, 5.74) is 1.30. The maximum Gasteiger partial charge on any atom is 0.196 e. The van der Waals surface area contributed by atoms with Gasteiger partial charge in [0.1, 0.15) is 0 Å². The fourth-order valence-corrected chi connectivity index (χ4v) is 2.23. The lowest BCUT2D eigenvalue weighted by Crippen LogP contribution is -2.18. The highest BCUT2D eigenvalue weighted by atomic mass is 35.5. The molecule has 4 heteroatoms. The molecule has 0 unspecified atom stereocenters. The highest BCUT2D eigenvalue weighted by molar-refractivity contribution is 6.39. The van der Waals surface area contributed by atoms with Gasteiger partial charge in [0.15, 0.2) is 5.78 Å². The minimum Gasteiger partial charge on any atom is -0.411 e. The lowest BCUT2D eigenvalue weighted by Gasteiger charge is -2.16. The Balaban J connectivity index is 2.42. The number of allylic oxidation sites excluding steroid dienone is 2. The number of hydrogen-bond donors (Lipinski definition) is 1. The molecule has 0 saturated heterocycles. The van der Waals surface area contributed by atoms with E-state index in [4.69, 9.17) is 16.8 Å². The van der Waals surface area contributed by atoms with Gasteiger partial charge in [-0.25, -0.2) is 0 Å². The molecule has 0 aliphatic heterocycles. The molecule has 17 heavy (non-hydrogen) atoms. The van der Waals surface area contributed by atoms with Crippen molar-refractivity contribution >= 4 is 23.1 Å². The number of hydrogen-bond acceptors (Lipinski definition) is 3. The van der Waals surface area contributed by atoms with E-state index in [1.165, 1.54) is 0 Å². The summed E-state index contributed by atoms with van der Waals surface area (Å²) in [6, 6.07) is 8.88. The lowest BCUT2D eigenvalue weighted by atomic mass is 9.91. The highest BCUT2D eigenvalue weighted by Crippen LogP contribution is 2.28. The molecule has 3 nitrogen and oxygen atoms in total. The van der Waals surface area contributed by atoms with Gasteiger partial charge in [0, 0.05) is 10.6 Å². The topological polar surface area (TPSA) is 49.7 Å². The van der Waals surface area contributed by atoms with Crippen molar-refractivity contribution in [3.63, 3.8) is 0 Å². The molecule has 1 N–H and O–H groups in total. The van der Waals surface area contributed by atoms with E-state index in [9.17, 15) is 4.79 Å². The van der Waals surface area contributed by atoms with Crippen LogP contribution >= 0.6 is 11.6 Å². The van der Waals surface area contributed by atoms with E-state index in [-0.39, 0.29) is 5.78 Å². The molecule has 1 aliphatic carbocycles. The van der Waals surface area contributed by atoms with E-state index in [0.717, 1.165) is 6.42 Å². The molecule has 1 aliphatic rings. The minimum absolute atomic E-state index is 0.178. The van der Waals surface area contributed by atoms with E-state index in [1.54, 1.807) is 24.3 Å². The van der Waals surface area contributed by atoms with E-state index < -0.39 is 0 Å². The number of rotatable bonds is 2. The molecule has 0 spiro atoms. The van der Waals surface area contributed by atoms with Crippen molar-refractivity contribution in [3.05, 3.63) is 46.5 Å². The fourth-order valence-electron chi connectivity index (χ4n) is 1.91. The van der Waals surface area contributed by atoms with Crippen LogP contribution in [-0.4, -0.2) is 16.7 Å². The van der Waals surface area contributed by atoms with Crippen LogP contribution in [0.15, 0.2) is 46.1 Å². The Morgan fingerprint density at radius 3 is 2.59 bits per heavy atom. The van der Waals surface area contributed by atoms with Crippen LogP contribution in [0.4, 0.5) is 0 Å². The number of nitrogens with zero attached hydrogens (tertiary/aromatic N) is 1. The average molecular weight is 250 g/mol. The normalized spacial score (nSPS) is 18.5.